The molecular formula is C13H19ClN6. The fourth-order valence-corrected chi connectivity index (χ4v) is 2.01. The average Bonchev–Trinajstić information content (AvgIpc) is 2.67. The van der Waals surface area contributed by atoms with E-state index in [-0.39, 0.29) is 0 Å². The summed E-state index contributed by atoms with van der Waals surface area (Å²) in [5, 5.41) is 8.39. The molecule has 0 aliphatic carbocycles. The lowest BCUT2D eigenvalue weighted by Gasteiger charge is -2.12. The first kappa shape index (κ1) is 14.6. The molecule has 6 nitrogen and oxygen atoms in total. The first-order valence-electron chi connectivity index (χ1n) is 6.41. The van der Waals surface area contributed by atoms with Gasteiger partial charge in [-0.25, -0.2) is 9.97 Å². The SMILES string of the molecule is Cc1nn(CCNc2cc(N(C)C)ncn2)c(C)c1Cl. The molecule has 0 spiro atoms. The van der Waals surface area contributed by atoms with Gasteiger partial charge in [0.1, 0.15) is 18.0 Å². The number of anilines is 2. The second-order valence-corrected chi connectivity index (χ2v) is 5.17. The third-order valence-electron chi connectivity index (χ3n) is 3.03. The quantitative estimate of drug-likeness (QED) is 0.915. The van der Waals surface area contributed by atoms with Crippen LogP contribution in [0.5, 0.6) is 0 Å². The normalized spacial score (nSPS) is 10.7. The van der Waals surface area contributed by atoms with Gasteiger partial charge in [0.15, 0.2) is 0 Å². The van der Waals surface area contributed by atoms with Crippen LogP contribution in [0.15, 0.2) is 12.4 Å². The Kier molecular flexibility index (Phi) is 4.44. The predicted octanol–water partition coefficient (Wildman–Crippen LogP) is 2.12. The maximum absolute atomic E-state index is 6.12. The summed E-state index contributed by atoms with van der Waals surface area (Å²) in [6.45, 7) is 5.34. The second kappa shape index (κ2) is 6.09. The third kappa shape index (κ3) is 3.19. The number of nitrogens with zero attached hydrogens (tertiary/aromatic N) is 5. The summed E-state index contributed by atoms with van der Waals surface area (Å²) in [7, 11) is 3.90. The van der Waals surface area contributed by atoms with Crippen molar-refractivity contribution in [3.05, 3.63) is 28.8 Å². The van der Waals surface area contributed by atoms with Gasteiger partial charge in [0.2, 0.25) is 0 Å². The van der Waals surface area contributed by atoms with Crippen molar-refractivity contribution in [3.8, 4) is 0 Å². The summed E-state index contributed by atoms with van der Waals surface area (Å²) in [6, 6.07) is 1.91. The molecule has 2 rings (SSSR count). The summed E-state index contributed by atoms with van der Waals surface area (Å²) < 4.78 is 1.90. The molecule has 0 aliphatic heterocycles. The molecule has 0 amide bonds. The van der Waals surface area contributed by atoms with Crippen LogP contribution in [0, 0.1) is 13.8 Å². The van der Waals surface area contributed by atoms with E-state index in [0.29, 0.717) is 0 Å². The van der Waals surface area contributed by atoms with E-state index in [1.165, 1.54) is 0 Å². The van der Waals surface area contributed by atoms with Gasteiger partial charge in [-0.1, -0.05) is 11.6 Å². The Bertz CT molecular complexity index is 593. The van der Waals surface area contributed by atoms with Crippen LogP contribution < -0.4 is 10.2 Å². The molecule has 0 radical (unpaired) electrons. The standard InChI is InChI=1S/C13H19ClN6/c1-9-13(14)10(2)20(18-9)6-5-15-11-7-12(19(3)4)17-8-16-11/h7-8H,5-6H2,1-4H3,(H,15,16,17). The van der Waals surface area contributed by atoms with Crippen molar-refractivity contribution < 1.29 is 0 Å². The van der Waals surface area contributed by atoms with E-state index in [1.54, 1.807) is 6.33 Å². The maximum atomic E-state index is 6.12. The van der Waals surface area contributed by atoms with E-state index in [0.717, 1.165) is 41.1 Å². The fourth-order valence-electron chi connectivity index (χ4n) is 1.87. The molecule has 7 heteroatoms. The van der Waals surface area contributed by atoms with Crippen LogP contribution in [0.4, 0.5) is 11.6 Å². The fraction of sp³-hybridized carbons (Fsp3) is 0.462. The Morgan fingerprint density at radius 2 is 2.05 bits per heavy atom. The molecule has 2 aromatic heterocycles. The zero-order valence-electron chi connectivity index (χ0n) is 12.2. The van der Waals surface area contributed by atoms with Gasteiger partial charge in [0.25, 0.3) is 0 Å². The minimum Gasteiger partial charge on any atom is -0.368 e. The van der Waals surface area contributed by atoms with Crippen molar-refractivity contribution in [2.75, 3.05) is 30.9 Å². The van der Waals surface area contributed by atoms with Gasteiger partial charge < -0.3 is 10.2 Å². The van der Waals surface area contributed by atoms with Crippen LogP contribution in [0.3, 0.4) is 0 Å². The molecule has 0 fully saturated rings. The van der Waals surface area contributed by atoms with Crippen LogP contribution in [0.1, 0.15) is 11.4 Å². The molecule has 108 valence electrons. The summed E-state index contributed by atoms with van der Waals surface area (Å²) in [5.41, 5.74) is 1.85. The van der Waals surface area contributed by atoms with Crippen molar-refractivity contribution in [1.82, 2.24) is 19.7 Å². The van der Waals surface area contributed by atoms with Gasteiger partial charge in [-0.15, -0.1) is 0 Å². The van der Waals surface area contributed by atoms with E-state index >= 15 is 0 Å². The van der Waals surface area contributed by atoms with E-state index < -0.39 is 0 Å². The van der Waals surface area contributed by atoms with Crippen LogP contribution >= 0.6 is 11.6 Å². The van der Waals surface area contributed by atoms with Crippen molar-refractivity contribution >= 4 is 23.2 Å². The lowest BCUT2D eigenvalue weighted by Crippen LogP contribution is -2.15. The minimum atomic E-state index is 0.724. The van der Waals surface area contributed by atoms with Crippen LogP contribution in [0.2, 0.25) is 5.02 Å². The Hall–Kier alpha value is -1.82. The summed E-state index contributed by atoms with van der Waals surface area (Å²) >= 11 is 6.12. The second-order valence-electron chi connectivity index (χ2n) is 4.79. The first-order valence-corrected chi connectivity index (χ1v) is 6.79. The molecule has 0 aromatic carbocycles. The van der Waals surface area contributed by atoms with Crippen molar-refractivity contribution in [2.24, 2.45) is 0 Å². The molecule has 20 heavy (non-hydrogen) atoms. The van der Waals surface area contributed by atoms with E-state index in [1.807, 2.05) is 43.6 Å². The van der Waals surface area contributed by atoms with Gasteiger partial charge in [0, 0.05) is 26.7 Å². The van der Waals surface area contributed by atoms with Gasteiger partial charge in [-0.05, 0) is 13.8 Å². The van der Waals surface area contributed by atoms with E-state index in [9.17, 15) is 0 Å². The molecule has 0 aliphatic rings. The molecule has 0 saturated heterocycles. The molecule has 2 heterocycles. The highest BCUT2D eigenvalue weighted by molar-refractivity contribution is 6.31. The summed E-state index contributed by atoms with van der Waals surface area (Å²) in [5.74, 6) is 1.67. The van der Waals surface area contributed by atoms with Crippen molar-refractivity contribution in [3.63, 3.8) is 0 Å². The largest absolute Gasteiger partial charge is 0.368 e. The maximum Gasteiger partial charge on any atom is 0.133 e. The molecule has 0 bridgehead atoms. The zero-order chi connectivity index (χ0) is 14.7. The molecular weight excluding hydrogens is 276 g/mol. The lowest BCUT2D eigenvalue weighted by atomic mass is 10.4. The Balaban J connectivity index is 1.96. The van der Waals surface area contributed by atoms with Crippen molar-refractivity contribution in [1.29, 1.82) is 0 Å². The number of aromatic nitrogens is 4. The first-order chi connectivity index (χ1) is 9.49. The smallest absolute Gasteiger partial charge is 0.133 e. The topological polar surface area (TPSA) is 58.9 Å². The monoisotopic (exact) mass is 294 g/mol. The van der Waals surface area contributed by atoms with Gasteiger partial charge in [-0.3, -0.25) is 4.68 Å². The van der Waals surface area contributed by atoms with Gasteiger partial charge in [0.05, 0.1) is 23.0 Å². The Morgan fingerprint density at radius 1 is 1.30 bits per heavy atom. The van der Waals surface area contributed by atoms with E-state index in [2.05, 4.69) is 20.4 Å². The highest BCUT2D eigenvalue weighted by Crippen LogP contribution is 2.18. The summed E-state index contributed by atoms with van der Waals surface area (Å²) in [4.78, 5) is 10.3. The lowest BCUT2D eigenvalue weighted by molar-refractivity contribution is 0.614. The molecule has 1 N–H and O–H groups in total. The highest BCUT2D eigenvalue weighted by Gasteiger charge is 2.08. The predicted molar refractivity (Wildman–Crippen MR) is 81.6 cm³/mol. The third-order valence-corrected chi connectivity index (χ3v) is 3.58. The molecule has 2 aromatic rings. The summed E-state index contributed by atoms with van der Waals surface area (Å²) in [6.07, 6.45) is 1.55. The van der Waals surface area contributed by atoms with Crippen LogP contribution in [-0.2, 0) is 6.54 Å². The van der Waals surface area contributed by atoms with Gasteiger partial charge in [-0.2, -0.15) is 5.10 Å². The van der Waals surface area contributed by atoms with Crippen LogP contribution in [-0.4, -0.2) is 40.4 Å². The molecule has 0 saturated carbocycles. The zero-order valence-corrected chi connectivity index (χ0v) is 12.9. The van der Waals surface area contributed by atoms with Crippen molar-refractivity contribution in [2.45, 2.75) is 20.4 Å². The Labute approximate surface area is 123 Å². The minimum absolute atomic E-state index is 0.724. The number of aryl methyl sites for hydroxylation is 1. The van der Waals surface area contributed by atoms with E-state index in [4.69, 9.17) is 11.6 Å². The Morgan fingerprint density at radius 3 is 2.65 bits per heavy atom. The van der Waals surface area contributed by atoms with Gasteiger partial charge >= 0.3 is 0 Å². The number of nitrogens with one attached hydrogen (secondary N) is 1. The highest BCUT2D eigenvalue weighted by atomic mass is 35.5. The van der Waals surface area contributed by atoms with Crippen LogP contribution in [0.25, 0.3) is 0 Å². The number of rotatable bonds is 5. The molecule has 0 unspecified atom stereocenters. The number of hydrogen-bond acceptors (Lipinski definition) is 5. The molecule has 0 atom stereocenters. The number of hydrogen-bond donors (Lipinski definition) is 1. The number of halogens is 1. The average molecular weight is 295 g/mol.